The number of nitrogens with zero attached hydrogens (tertiary/aromatic N) is 1. The van der Waals surface area contributed by atoms with Crippen LogP contribution in [0.3, 0.4) is 0 Å². The van der Waals surface area contributed by atoms with Crippen molar-refractivity contribution in [1.29, 1.82) is 0 Å². The van der Waals surface area contributed by atoms with Crippen molar-refractivity contribution in [2.45, 2.75) is 50.7 Å². The van der Waals surface area contributed by atoms with E-state index in [4.69, 9.17) is 11.6 Å². The number of amides is 2. The molecule has 0 heterocycles. The maximum absolute atomic E-state index is 13.0. The fourth-order valence-corrected chi connectivity index (χ4v) is 3.60. The summed E-state index contributed by atoms with van der Waals surface area (Å²) in [6.45, 7) is 6.03. The molecule has 2 atom stereocenters. The largest absolute Gasteiger partial charge is 0.352 e. The lowest BCUT2D eigenvalue weighted by atomic mass is 10.1. The van der Waals surface area contributed by atoms with Crippen molar-refractivity contribution in [1.82, 2.24) is 10.2 Å². The highest BCUT2D eigenvalue weighted by Crippen LogP contribution is 2.22. The third-order valence-corrected chi connectivity index (χ3v) is 5.94. The Hall–Kier alpha value is -1.98. The van der Waals surface area contributed by atoms with Gasteiger partial charge in [0.2, 0.25) is 11.8 Å². The lowest BCUT2D eigenvalue weighted by Gasteiger charge is -2.30. The van der Waals surface area contributed by atoms with Gasteiger partial charge in [0.1, 0.15) is 6.04 Å². The average Bonchev–Trinajstić information content (AvgIpc) is 2.71. The number of thioether (sulfide) groups is 1. The van der Waals surface area contributed by atoms with Gasteiger partial charge < -0.3 is 10.2 Å². The molecule has 0 aliphatic rings. The van der Waals surface area contributed by atoms with Gasteiger partial charge in [0, 0.05) is 22.5 Å². The van der Waals surface area contributed by atoms with E-state index < -0.39 is 6.04 Å². The third kappa shape index (κ3) is 6.57. The molecular weight excluding hydrogens is 392 g/mol. The fraction of sp³-hybridized carbons (Fsp3) is 0.364. The molecule has 2 rings (SSSR count). The predicted molar refractivity (Wildman–Crippen MR) is 117 cm³/mol. The molecule has 0 spiro atoms. The summed E-state index contributed by atoms with van der Waals surface area (Å²) in [4.78, 5) is 28.3. The maximum Gasteiger partial charge on any atom is 0.242 e. The Morgan fingerprint density at radius 3 is 2.36 bits per heavy atom. The Morgan fingerprint density at radius 2 is 1.71 bits per heavy atom. The number of hydrogen-bond donors (Lipinski definition) is 1. The summed E-state index contributed by atoms with van der Waals surface area (Å²) in [6.07, 6.45) is 0.834. The number of benzene rings is 2. The normalized spacial score (nSPS) is 12.9. The molecule has 0 radical (unpaired) electrons. The molecule has 0 bridgehead atoms. The standard InChI is InChI=1S/C22H27ClN2O2S/c1-4-16(2)24-22(27)17(3)25(14-18-10-8-9-13-20(18)23)21(26)15-28-19-11-6-5-7-12-19/h5-13,16-17H,4,14-15H2,1-3H3,(H,24,27). The summed E-state index contributed by atoms with van der Waals surface area (Å²) in [7, 11) is 0. The van der Waals surface area contributed by atoms with Crippen molar-refractivity contribution >= 4 is 35.2 Å². The van der Waals surface area contributed by atoms with Gasteiger partial charge in [0.25, 0.3) is 0 Å². The van der Waals surface area contributed by atoms with Crippen molar-refractivity contribution in [2.24, 2.45) is 0 Å². The molecule has 28 heavy (non-hydrogen) atoms. The molecule has 2 aromatic carbocycles. The van der Waals surface area contributed by atoms with Crippen LogP contribution in [0.4, 0.5) is 0 Å². The second kappa shape index (κ2) is 11.1. The topological polar surface area (TPSA) is 49.4 Å². The first-order chi connectivity index (χ1) is 13.4. The zero-order valence-corrected chi connectivity index (χ0v) is 18.1. The van der Waals surface area contributed by atoms with Gasteiger partial charge in [0.15, 0.2) is 0 Å². The number of rotatable bonds is 9. The molecule has 0 saturated carbocycles. The van der Waals surface area contributed by atoms with Crippen LogP contribution in [0.2, 0.25) is 5.02 Å². The molecule has 6 heteroatoms. The first kappa shape index (κ1) is 22.3. The van der Waals surface area contributed by atoms with Gasteiger partial charge in [-0.3, -0.25) is 9.59 Å². The lowest BCUT2D eigenvalue weighted by Crippen LogP contribution is -2.50. The minimum Gasteiger partial charge on any atom is -0.352 e. The molecule has 150 valence electrons. The van der Waals surface area contributed by atoms with Crippen LogP contribution >= 0.6 is 23.4 Å². The molecule has 0 saturated heterocycles. The van der Waals surface area contributed by atoms with E-state index in [0.29, 0.717) is 11.6 Å². The monoisotopic (exact) mass is 418 g/mol. The molecule has 2 amide bonds. The Kier molecular flexibility index (Phi) is 8.87. The van der Waals surface area contributed by atoms with Crippen molar-refractivity contribution in [3.63, 3.8) is 0 Å². The fourth-order valence-electron chi connectivity index (χ4n) is 2.60. The zero-order chi connectivity index (χ0) is 20.5. The van der Waals surface area contributed by atoms with Gasteiger partial charge in [-0.1, -0.05) is 54.9 Å². The average molecular weight is 419 g/mol. The van der Waals surface area contributed by atoms with E-state index in [1.54, 1.807) is 17.9 Å². The Bertz CT molecular complexity index is 785. The first-order valence-corrected chi connectivity index (χ1v) is 10.8. The minimum atomic E-state index is -0.589. The smallest absolute Gasteiger partial charge is 0.242 e. The summed E-state index contributed by atoms with van der Waals surface area (Å²) in [5.74, 6) is 0.00938. The number of nitrogens with one attached hydrogen (secondary N) is 1. The highest BCUT2D eigenvalue weighted by Gasteiger charge is 2.27. The van der Waals surface area contributed by atoms with Crippen LogP contribution in [-0.2, 0) is 16.1 Å². The molecule has 2 unspecified atom stereocenters. The van der Waals surface area contributed by atoms with Crippen LogP contribution in [0.25, 0.3) is 0 Å². The van der Waals surface area contributed by atoms with Gasteiger partial charge >= 0.3 is 0 Å². The summed E-state index contributed by atoms with van der Waals surface area (Å²) < 4.78 is 0. The molecule has 0 aliphatic carbocycles. The second-order valence-corrected chi connectivity index (χ2v) is 8.16. The molecule has 2 aromatic rings. The highest BCUT2D eigenvalue weighted by molar-refractivity contribution is 8.00. The Labute approximate surface area is 176 Å². The molecule has 0 fully saturated rings. The van der Waals surface area contributed by atoms with Crippen LogP contribution in [0, 0.1) is 0 Å². The quantitative estimate of drug-likeness (QED) is 0.597. The van der Waals surface area contributed by atoms with Crippen molar-refractivity contribution in [3.05, 3.63) is 65.2 Å². The molecule has 4 nitrogen and oxygen atoms in total. The van der Waals surface area contributed by atoms with Gasteiger partial charge in [0.05, 0.1) is 5.75 Å². The van der Waals surface area contributed by atoms with E-state index >= 15 is 0 Å². The van der Waals surface area contributed by atoms with Crippen molar-refractivity contribution in [2.75, 3.05) is 5.75 Å². The highest BCUT2D eigenvalue weighted by atomic mass is 35.5. The number of carbonyl (C=O) groups excluding carboxylic acids is 2. The zero-order valence-electron chi connectivity index (χ0n) is 16.5. The lowest BCUT2D eigenvalue weighted by molar-refractivity contribution is -0.138. The SMILES string of the molecule is CCC(C)NC(=O)C(C)N(Cc1ccccc1Cl)C(=O)CSc1ccccc1. The van der Waals surface area contributed by atoms with E-state index in [0.717, 1.165) is 16.9 Å². The summed E-state index contributed by atoms with van der Waals surface area (Å²) in [5, 5.41) is 3.55. The van der Waals surface area contributed by atoms with E-state index in [2.05, 4.69) is 5.32 Å². The molecule has 0 aromatic heterocycles. The van der Waals surface area contributed by atoms with Crippen LogP contribution in [0.15, 0.2) is 59.5 Å². The van der Waals surface area contributed by atoms with Crippen molar-refractivity contribution in [3.8, 4) is 0 Å². The maximum atomic E-state index is 13.0. The Morgan fingerprint density at radius 1 is 1.07 bits per heavy atom. The first-order valence-electron chi connectivity index (χ1n) is 9.43. The van der Waals surface area contributed by atoms with Crippen molar-refractivity contribution < 1.29 is 9.59 Å². The van der Waals surface area contributed by atoms with Crippen LogP contribution in [0.5, 0.6) is 0 Å². The number of carbonyl (C=O) groups is 2. The molecule has 1 N–H and O–H groups in total. The van der Waals surface area contributed by atoms with E-state index in [1.807, 2.05) is 62.4 Å². The molecular formula is C22H27ClN2O2S. The van der Waals surface area contributed by atoms with Gasteiger partial charge in [-0.25, -0.2) is 0 Å². The summed E-state index contributed by atoms with van der Waals surface area (Å²) in [5.41, 5.74) is 0.824. The van der Waals surface area contributed by atoms with Crippen LogP contribution in [0.1, 0.15) is 32.8 Å². The van der Waals surface area contributed by atoms with Gasteiger partial charge in [-0.2, -0.15) is 0 Å². The van der Waals surface area contributed by atoms with Gasteiger partial charge in [-0.05, 0) is 44.0 Å². The number of hydrogen-bond acceptors (Lipinski definition) is 3. The van der Waals surface area contributed by atoms with Gasteiger partial charge in [-0.15, -0.1) is 11.8 Å². The minimum absolute atomic E-state index is 0.0610. The van der Waals surface area contributed by atoms with E-state index in [-0.39, 0.29) is 23.6 Å². The van der Waals surface area contributed by atoms with E-state index in [1.165, 1.54) is 11.8 Å². The predicted octanol–water partition coefficient (Wildman–Crippen LogP) is 4.76. The van der Waals surface area contributed by atoms with Crippen LogP contribution in [-0.4, -0.2) is 34.6 Å². The summed E-state index contributed by atoms with van der Waals surface area (Å²) in [6, 6.07) is 16.6. The summed E-state index contributed by atoms with van der Waals surface area (Å²) >= 11 is 7.76. The second-order valence-electron chi connectivity index (χ2n) is 6.71. The van der Waals surface area contributed by atoms with E-state index in [9.17, 15) is 9.59 Å². The van der Waals surface area contributed by atoms with Crippen LogP contribution < -0.4 is 5.32 Å². The Balaban J connectivity index is 2.15. The number of halogens is 1. The third-order valence-electron chi connectivity index (χ3n) is 4.57. The molecule has 0 aliphatic heterocycles.